The summed E-state index contributed by atoms with van der Waals surface area (Å²) in [7, 11) is 0. The molecule has 1 amide bonds. The van der Waals surface area contributed by atoms with Gasteiger partial charge in [0.15, 0.2) is 0 Å². The Morgan fingerprint density at radius 2 is 1.93 bits per heavy atom. The highest BCUT2D eigenvalue weighted by atomic mass is 35.5. The fourth-order valence-electron chi connectivity index (χ4n) is 6.78. The Hall–Kier alpha value is -3.06. The van der Waals surface area contributed by atoms with Gasteiger partial charge in [0, 0.05) is 38.3 Å². The van der Waals surface area contributed by atoms with Gasteiger partial charge in [-0.05, 0) is 69.8 Å². The van der Waals surface area contributed by atoms with Crippen LogP contribution in [0.4, 0.5) is 11.5 Å². The summed E-state index contributed by atoms with van der Waals surface area (Å²) in [6.07, 6.45) is 7.90. The average Bonchev–Trinajstić information content (AvgIpc) is 3.49. The summed E-state index contributed by atoms with van der Waals surface area (Å²) in [5.74, 6) is 0.697. The molecule has 42 heavy (non-hydrogen) atoms. The molecule has 0 radical (unpaired) electrons. The highest BCUT2D eigenvalue weighted by Crippen LogP contribution is 2.40. The van der Waals surface area contributed by atoms with Gasteiger partial charge in [-0.2, -0.15) is 15.2 Å². The smallest absolute Gasteiger partial charge is 0.319 e. The third-order valence-electron chi connectivity index (χ3n) is 9.14. The molecule has 4 heterocycles. The third kappa shape index (κ3) is 5.77. The lowest BCUT2D eigenvalue weighted by atomic mass is 9.79. The second kappa shape index (κ2) is 12.3. The van der Waals surface area contributed by atoms with Crippen LogP contribution in [0, 0.1) is 11.3 Å². The molecule has 11 heteroatoms. The van der Waals surface area contributed by atoms with Gasteiger partial charge in [-0.3, -0.25) is 9.69 Å². The van der Waals surface area contributed by atoms with E-state index in [0.717, 1.165) is 74.6 Å². The first-order valence-corrected chi connectivity index (χ1v) is 15.7. The van der Waals surface area contributed by atoms with Crippen LogP contribution in [-0.2, 0) is 17.8 Å². The van der Waals surface area contributed by atoms with E-state index in [1.807, 2.05) is 12.1 Å². The largest absolute Gasteiger partial charge is 0.455 e. The van der Waals surface area contributed by atoms with E-state index in [1.165, 1.54) is 18.9 Å². The zero-order chi connectivity index (χ0) is 29.3. The zero-order valence-corrected chi connectivity index (χ0v) is 25.4. The van der Waals surface area contributed by atoms with Crippen LogP contribution in [0.15, 0.2) is 30.9 Å². The number of anilines is 2. The fourth-order valence-corrected chi connectivity index (χ4v) is 7.19. The van der Waals surface area contributed by atoms with Crippen molar-refractivity contribution < 1.29 is 9.53 Å². The van der Waals surface area contributed by atoms with E-state index in [9.17, 15) is 10.1 Å². The number of nitriles is 1. The number of fused-ring (bicyclic) bond motifs is 1. The molecule has 1 aromatic heterocycles. The molecule has 2 aromatic rings. The first-order valence-electron chi connectivity index (χ1n) is 14.9. The van der Waals surface area contributed by atoms with Crippen LogP contribution in [0.2, 0.25) is 10.0 Å². The lowest BCUT2D eigenvalue weighted by Crippen LogP contribution is -2.55. The maximum atomic E-state index is 12.5. The lowest BCUT2D eigenvalue weighted by molar-refractivity contribution is -0.128. The van der Waals surface area contributed by atoms with E-state index >= 15 is 0 Å². The van der Waals surface area contributed by atoms with E-state index in [0.29, 0.717) is 42.2 Å². The number of amides is 1. The van der Waals surface area contributed by atoms with Crippen LogP contribution in [0.1, 0.15) is 49.8 Å². The minimum absolute atomic E-state index is 0.147. The quantitative estimate of drug-likeness (QED) is 0.392. The SMILES string of the molecule is C=CC(=O)N1CCN(c2nc(OC3(CN4CCCC4)CCC3)nc3c2CCN(c2cccc(Cl)c2Cl)C3)C[C@@H]1CC#N. The number of rotatable bonds is 8. The van der Waals surface area contributed by atoms with Gasteiger partial charge < -0.3 is 19.4 Å². The van der Waals surface area contributed by atoms with Crippen molar-refractivity contribution in [3.63, 3.8) is 0 Å². The predicted molar refractivity (Wildman–Crippen MR) is 164 cm³/mol. The summed E-state index contributed by atoms with van der Waals surface area (Å²) in [5, 5.41) is 10.6. The van der Waals surface area contributed by atoms with E-state index < -0.39 is 0 Å². The standard InChI is InChI=1S/C31H37Cl2N7O2/c1-2-27(41)40-18-17-39(19-22(40)9-13-34)29-23-10-16-38(26-8-5-7-24(32)28(26)33)20-25(23)35-30(36-29)42-31(11-6-12-31)21-37-14-3-4-15-37/h2,5,7-8,22H,1,3-4,6,9-12,14-21H2/t22-/m0/s1. The lowest BCUT2D eigenvalue weighted by Gasteiger charge is -2.44. The molecule has 3 aliphatic heterocycles. The molecule has 0 bridgehead atoms. The normalized spacial score (nSPS) is 21.8. The molecule has 1 saturated carbocycles. The first-order chi connectivity index (χ1) is 20.4. The molecule has 2 saturated heterocycles. The highest BCUT2D eigenvalue weighted by Gasteiger charge is 2.43. The highest BCUT2D eigenvalue weighted by molar-refractivity contribution is 6.43. The second-order valence-corrected chi connectivity index (χ2v) is 12.6. The number of hydrogen-bond acceptors (Lipinski definition) is 8. The van der Waals surface area contributed by atoms with Gasteiger partial charge in [0.25, 0.3) is 0 Å². The number of carbonyl (C=O) groups is 1. The molecule has 0 N–H and O–H groups in total. The van der Waals surface area contributed by atoms with Crippen molar-refractivity contribution in [1.29, 1.82) is 5.26 Å². The summed E-state index contributed by atoms with van der Waals surface area (Å²) in [4.78, 5) is 31.3. The Morgan fingerprint density at radius 1 is 1.12 bits per heavy atom. The summed E-state index contributed by atoms with van der Waals surface area (Å²) in [5.41, 5.74) is 2.61. The van der Waals surface area contributed by atoms with E-state index in [2.05, 4.69) is 27.3 Å². The summed E-state index contributed by atoms with van der Waals surface area (Å²) in [6.45, 7) is 9.69. The molecule has 0 spiro atoms. The van der Waals surface area contributed by atoms with Crippen molar-refractivity contribution in [2.24, 2.45) is 0 Å². The van der Waals surface area contributed by atoms with Gasteiger partial charge in [0.05, 0.1) is 46.5 Å². The number of aromatic nitrogens is 2. The van der Waals surface area contributed by atoms with E-state index in [1.54, 1.807) is 11.0 Å². The van der Waals surface area contributed by atoms with Crippen molar-refractivity contribution >= 4 is 40.6 Å². The van der Waals surface area contributed by atoms with Crippen LogP contribution in [0.5, 0.6) is 6.01 Å². The van der Waals surface area contributed by atoms with Crippen molar-refractivity contribution in [2.45, 2.75) is 63.1 Å². The van der Waals surface area contributed by atoms with Gasteiger partial charge in [-0.25, -0.2) is 0 Å². The molecule has 9 nitrogen and oxygen atoms in total. The summed E-state index contributed by atoms with van der Waals surface area (Å²) in [6, 6.07) is 8.11. The van der Waals surface area contributed by atoms with Crippen LogP contribution in [0.3, 0.4) is 0 Å². The maximum Gasteiger partial charge on any atom is 0.319 e. The van der Waals surface area contributed by atoms with Crippen molar-refractivity contribution in [3.05, 3.63) is 52.2 Å². The molecule has 6 rings (SSSR count). The van der Waals surface area contributed by atoms with Gasteiger partial charge in [0.1, 0.15) is 11.4 Å². The van der Waals surface area contributed by atoms with Crippen molar-refractivity contribution in [3.8, 4) is 12.1 Å². The molecule has 1 atom stereocenters. The molecule has 1 aromatic carbocycles. The maximum absolute atomic E-state index is 12.5. The Bertz CT molecular complexity index is 1390. The van der Waals surface area contributed by atoms with Crippen molar-refractivity contribution in [1.82, 2.24) is 19.8 Å². The molecule has 222 valence electrons. The molecule has 1 aliphatic carbocycles. The summed E-state index contributed by atoms with van der Waals surface area (Å²) >= 11 is 13.0. The number of nitrogens with zero attached hydrogens (tertiary/aromatic N) is 7. The number of piperazine rings is 1. The molecule has 4 aliphatic rings. The first kappa shape index (κ1) is 29.0. The number of carbonyl (C=O) groups excluding carboxylic acids is 1. The topological polar surface area (TPSA) is 88.8 Å². The average molecular weight is 611 g/mol. The van der Waals surface area contributed by atoms with E-state index in [4.69, 9.17) is 37.9 Å². The van der Waals surface area contributed by atoms with Gasteiger partial charge in [0.2, 0.25) is 5.91 Å². The van der Waals surface area contributed by atoms with Gasteiger partial charge in [-0.15, -0.1) is 0 Å². The van der Waals surface area contributed by atoms with Crippen molar-refractivity contribution in [2.75, 3.05) is 55.6 Å². The monoisotopic (exact) mass is 609 g/mol. The molecular formula is C31H37Cl2N7O2. The minimum atomic E-state index is -0.265. The fraction of sp³-hybridized carbons (Fsp3) is 0.548. The number of ether oxygens (including phenoxy) is 1. The number of benzene rings is 1. The van der Waals surface area contributed by atoms with Crippen LogP contribution in [0.25, 0.3) is 0 Å². The minimum Gasteiger partial charge on any atom is -0.455 e. The molecular weight excluding hydrogens is 573 g/mol. The Balaban J connectivity index is 1.34. The Morgan fingerprint density at radius 3 is 2.64 bits per heavy atom. The summed E-state index contributed by atoms with van der Waals surface area (Å²) < 4.78 is 6.75. The number of hydrogen-bond donors (Lipinski definition) is 0. The van der Waals surface area contributed by atoms with Gasteiger partial charge in [-0.1, -0.05) is 35.8 Å². The molecule has 0 unspecified atom stereocenters. The Labute approximate surface area is 257 Å². The number of halogens is 2. The predicted octanol–water partition coefficient (Wildman–Crippen LogP) is 4.86. The van der Waals surface area contributed by atoms with Crippen LogP contribution < -0.4 is 14.5 Å². The number of likely N-dealkylation sites (tertiary alicyclic amines) is 1. The molecule has 3 fully saturated rings. The third-order valence-corrected chi connectivity index (χ3v) is 9.95. The van der Waals surface area contributed by atoms with Crippen LogP contribution in [-0.4, -0.2) is 83.1 Å². The second-order valence-electron chi connectivity index (χ2n) is 11.8. The zero-order valence-electron chi connectivity index (χ0n) is 23.9. The van der Waals surface area contributed by atoms with E-state index in [-0.39, 0.29) is 24.0 Å². The van der Waals surface area contributed by atoms with Gasteiger partial charge >= 0.3 is 6.01 Å². The Kier molecular flexibility index (Phi) is 8.49. The van der Waals surface area contributed by atoms with Crippen LogP contribution >= 0.6 is 23.2 Å².